The van der Waals surface area contributed by atoms with Gasteiger partial charge in [-0.25, -0.2) is 9.78 Å². The molecule has 48 heavy (non-hydrogen) atoms. The van der Waals surface area contributed by atoms with Crippen molar-refractivity contribution in [2.75, 3.05) is 37.6 Å². The average Bonchev–Trinajstić information content (AvgIpc) is 3.80. The molecule has 3 amide bonds. The zero-order valence-corrected chi connectivity index (χ0v) is 29.8. The lowest BCUT2D eigenvalue weighted by molar-refractivity contribution is -0.140. The minimum atomic E-state index is -0.533. The number of hydrogen-bond acceptors (Lipinski definition) is 9. The van der Waals surface area contributed by atoms with Gasteiger partial charge < -0.3 is 29.3 Å². The summed E-state index contributed by atoms with van der Waals surface area (Å²) in [7, 11) is 0. The molecule has 12 heteroatoms. The Morgan fingerprint density at radius 2 is 1.81 bits per heavy atom. The molecule has 1 spiro atoms. The second-order valence-electron chi connectivity index (χ2n) is 15.0. The third-order valence-corrected chi connectivity index (χ3v) is 10.9. The van der Waals surface area contributed by atoms with E-state index in [1.165, 1.54) is 0 Å². The number of aryl methyl sites for hydroxylation is 1. The predicted molar refractivity (Wildman–Crippen MR) is 185 cm³/mol. The Morgan fingerprint density at radius 1 is 1.10 bits per heavy atom. The van der Waals surface area contributed by atoms with E-state index >= 15 is 0 Å². The van der Waals surface area contributed by atoms with Crippen LogP contribution in [-0.2, 0) is 20.9 Å². The van der Waals surface area contributed by atoms with Crippen LogP contribution in [0.25, 0.3) is 10.4 Å². The molecular weight excluding hydrogens is 629 g/mol. The lowest BCUT2D eigenvalue weighted by atomic mass is 9.72. The first kappa shape index (κ1) is 34.0. The van der Waals surface area contributed by atoms with E-state index in [0.717, 1.165) is 59.9 Å². The number of piperidine rings is 1. The third-order valence-electron chi connectivity index (χ3n) is 9.87. The van der Waals surface area contributed by atoms with Gasteiger partial charge in [0, 0.05) is 50.7 Å². The first-order valence-electron chi connectivity index (χ1n) is 17.1. The molecule has 0 bridgehead atoms. The van der Waals surface area contributed by atoms with Crippen molar-refractivity contribution in [3.8, 4) is 10.4 Å². The molecule has 3 aromatic rings. The molecule has 11 nitrogen and oxygen atoms in total. The largest absolute Gasteiger partial charge is 0.444 e. The van der Waals surface area contributed by atoms with Gasteiger partial charge in [0.05, 0.1) is 16.1 Å². The lowest BCUT2D eigenvalue weighted by Gasteiger charge is -2.53. The Balaban J connectivity index is 1.03. The van der Waals surface area contributed by atoms with Crippen LogP contribution < -0.4 is 10.2 Å². The summed E-state index contributed by atoms with van der Waals surface area (Å²) in [5, 5.41) is 7.44. The number of amides is 3. The molecule has 2 aromatic heterocycles. The van der Waals surface area contributed by atoms with Gasteiger partial charge in [0.2, 0.25) is 11.8 Å². The number of aromatic nitrogens is 2. The number of carbonyl (C=O) groups excluding carboxylic acids is 3. The number of nitrogens with zero attached hydrogens (tertiary/aromatic N) is 5. The molecular formula is C36H48N6O5S. The zero-order chi connectivity index (χ0) is 34.2. The standard InChI is InChI=1S/C36H48N6O5S/c1-23(2)30(28-18-29(39-47-28)41-20-36(21-41)13-16-40(17-14-36)34(45)46-35(4,5)6)33(44)42-15-7-8-27(42)32(43)37-19-25-9-11-26(12-10-25)31-24(3)38-22-48-31/h9-12,18,22-23,27,30H,7-8,13-17,19-21H2,1-6H3,(H,37,43). The number of nitrogens with one attached hydrogen (secondary N) is 1. The Morgan fingerprint density at radius 3 is 2.44 bits per heavy atom. The van der Waals surface area contributed by atoms with Gasteiger partial charge in [0.1, 0.15) is 17.6 Å². The quantitative estimate of drug-likeness (QED) is 0.309. The van der Waals surface area contributed by atoms with Crippen molar-refractivity contribution in [1.82, 2.24) is 25.3 Å². The second kappa shape index (κ2) is 13.5. The molecule has 0 aliphatic carbocycles. The summed E-state index contributed by atoms with van der Waals surface area (Å²) < 4.78 is 11.4. The van der Waals surface area contributed by atoms with E-state index < -0.39 is 17.6 Å². The molecule has 1 N–H and O–H groups in total. The molecule has 5 heterocycles. The SMILES string of the molecule is Cc1ncsc1-c1ccc(CNC(=O)C2CCCN2C(=O)C(c2cc(N3CC4(CCN(C(=O)OC(C)(C)C)CC4)C3)no2)C(C)C)cc1. The summed E-state index contributed by atoms with van der Waals surface area (Å²) in [5.41, 5.74) is 4.61. The maximum atomic E-state index is 14.0. The molecule has 1 aromatic carbocycles. The maximum Gasteiger partial charge on any atom is 0.410 e. The van der Waals surface area contributed by atoms with E-state index in [1.54, 1.807) is 21.1 Å². The Kier molecular flexibility index (Phi) is 9.57. The van der Waals surface area contributed by atoms with E-state index in [4.69, 9.17) is 9.26 Å². The van der Waals surface area contributed by atoms with Crippen LogP contribution in [0, 0.1) is 18.3 Å². The molecule has 258 valence electrons. The predicted octanol–water partition coefficient (Wildman–Crippen LogP) is 5.99. The van der Waals surface area contributed by atoms with Gasteiger partial charge in [-0.2, -0.15) is 0 Å². The fraction of sp³-hybridized carbons (Fsp3) is 0.583. The van der Waals surface area contributed by atoms with Gasteiger partial charge in [-0.15, -0.1) is 11.3 Å². The number of thiazole rings is 1. The van der Waals surface area contributed by atoms with Crippen LogP contribution >= 0.6 is 11.3 Å². The van der Waals surface area contributed by atoms with Gasteiger partial charge in [0.15, 0.2) is 11.6 Å². The first-order valence-corrected chi connectivity index (χ1v) is 18.0. The minimum absolute atomic E-state index is 0.0387. The van der Waals surface area contributed by atoms with E-state index in [-0.39, 0.29) is 29.2 Å². The summed E-state index contributed by atoms with van der Waals surface area (Å²) in [5.74, 6) is 0.471. The highest BCUT2D eigenvalue weighted by atomic mass is 32.1. The van der Waals surface area contributed by atoms with Crippen molar-refractivity contribution in [2.45, 2.75) is 91.3 Å². The van der Waals surface area contributed by atoms with Crippen molar-refractivity contribution in [3.05, 3.63) is 52.9 Å². The van der Waals surface area contributed by atoms with Crippen LogP contribution in [0.4, 0.5) is 10.6 Å². The van der Waals surface area contributed by atoms with Gasteiger partial charge >= 0.3 is 6.09 Å². The van der Waals surface area contributed by atoms with Gasteiger partial charge in [-0.1, -0.05) is 43.3 Å². The summed E-state index contributed by atoms with van der Waals surface area (Å²) in [6.07, 6.45) is 2.99. The number of benzene rings is 1. The normalized spacial score (nSPS) is 19.8. The molecule has 0 radical (unpaired) electrons. The van der Waals surface area contributed by atoms with Crippen molar-refractivity contribution in [1.29, 1.82) is 0 Å². The van der Waals surface area contributed by atoms with Crippen LogP contribution in [-0.4, -0.2) is 82.2 Å². The molecule has 0 saturated carbocycles. The van der Waals surface area contributed by atoms with Crippen molar-refractivity contribution >= 4 is 35.1 Å². The molecule has 3 aliphatic rings. The van der Waals surface area contributed by atoms with E-state index in [9.17, 15) is 14.4 Å². The summed E-state index contributed by atoms with van der Waals surface area (Å²) in [6.45, 7) is 15.6. The van der Waals surface area contributed by atoms with Crippen LogP contribution in [0.15, 0.2) is 40.4 Å². The first-order chi connectivity index (χ1) is 22.8. The Labute approximate surface area is 287 Å². The van der Waals surface area contributed by atoms with Gasteiger partial charge in [-0.05, 0) is 70.4 Å². The van der Waals surface area contributed by atoms with Crippen LogP contribution in [0.3, 0.4) is 0 Å². The fourth-order valence-corrected chi connectivity index (χ4v) is 8.00. The highest BCUT2D eigenvalue weighted by molar-refractivity contribution is 7.13. The molecule has 2 atom stereocenters. The monoisotopic (exact) mass is 676 g/mol. The topological polar surface area (TPSA) is 121 Å². The summed E-state index contributed by atoms with van der Waals surface area (Å²) in [4.78, 5) is 51.1. The minimum Gasteiger partial charge on any atom is -0.444 e. The number of carbonyl (C=O) groups is 3. The van der Waals surface area contributed by atoms with E-state index in [0.29, 0.717) is 38.4 Å². The third kappa shape index (κ3) is 7.23. The van der Waals surface area contributed by atoms with E-state index in [2.05, 4.69) is 32.5 Å². The van der Waals surface area contributed by atoms with Crippen molar-refractivity contribution in [2.24, 2.45) is 11.3 Å². The number of ether oxygens (including phenoxy) is 1. The summed E-state index contributed by atoms with van der Waals surface area (Å²) in [6, 6.07) is 9.55. The molecule has 3 fully saturated rings. The molecule has 6 rings (SSSR count). The molecule has 3 aliphatic heterocycles. The number of hydrogen-bond donors (Lipinski definition) is 1. The Hall–Kier alpha value is -3.93. The molecule has 3 saturated heterocycles. The van der Waals surface area contributed by atoms with Crippen molar-refractivity contribution < 1.29 is 23.6 Å². The molecule has 2 unspecified atom stereocenters. The fourth-order valence-electron chi connectivity index (χ4n) is 7.18. The number of anilines is 1. The second-order valence-corrected chi connectivity index (χ2v) is 15.9. The highest BCUT2D eigenvalue weighted by Crippen LogP contribution is 2.43. The highest BCUT2D eigenvalue weighted by Gasteiger charge is 2.47. The van der Waals surface area contributed by atoms with Crippen LogP contribution in [0.2, 0.25) is 0 Å². The van der Waals surface area contributed by atoms with Crippen molar-refractivity contribution in [3.63, 3.8) is 0 Å². The smallest absolute Gasteiger partial charge is 0.410 e. The van der Waals surface area contributed by atoms with E-state index in [1.807, 2.05) is 65.3 Å². The van der Waals surface area contributed by atoms with Gasteiger partial charge in [0.25, 0.3) is 0 Å². The summed E-state index contributed by atoms with van der Waals surface area (Å²) >= 11 is 1.62. The van der Waals surface area contributed by atoms with Gasteiger partial charge in [-0.3, -0.25) is 9.59 Å². The number of rotatable bonds is 8. The maximum absolute atomic E-state index is 14.0. The average molecular weight is 677 g/mol. The van der Waals surface area contributed by atoms with Crippen LogP contribution in [0.1, 0.15) is 83.2 Å². The zero-order valence-electron chi connectivity index (χ0n) is 29.0. The number of likely N-dealkylation sites (tertiary alicyclic amines) is 2. The Bertz CT molecular complexity index is 1610. The lowest BCUT2D eigenvalue weighted by Crippen LogP contribution is -2.61. The van der Waals surface area contributed by atoms with Crippen LogP contribution in [0.5, 0.6) is 0 Å².